The van der Waals surface area contributed by atoms with Gasteiger partial charge in [0.2, 0.25) is 0 Å². The SMILES string of the molecule is CCNC(=NCC1(C)CCCS1)NCC1CCC1. The Morgan fingerprint density at radius 2 is 2.17 bits per heavy atom. The topological polar surface area (TPSA) is 36.4 Å². The lowest BCUT2D eigenvalue weighted by Crippen LogP contribution is -2.41. The first-order valence-corrected chi connectivity index (χ1v) is 8.36. The van der Waals surface area contributed by atoms with Crippen molar-refractivity contribution in [1.29, 1.82) is 0 Å². The molecule has 1 atom stereocenters. The first-order chi connectivity index (χ1) is 8.72. The molecule has 18 heavy (non-hydrogen) atoms. The molecule has 1 unspecified atom stereocenters. The zero-order chi connectivity index (χ0) is 12.8. The van der Waals surface area contributed by atoms with Crippen LogP contribution in [-0.2, 0) is 0 Å². The molecule has 104 valence electrons. The van der Waals surface area contributed by atoms with Crippen molar-refractivity contribution in [1.82, 2.24) is 10.6 Å². The zero-order valence-electron chi connectivity index (χ0n) is 11.8. The van der Waals surface area contributed by atoms with Crippen LogP contribution >= 0.6 is 11.8 Å². The molecule has 0 bridgehead atoms. The van der Waals surface area contributed by atoms with E-state index in [4.69, 9.17) is 4.99 Å². The third kappa shape index (κ3) is 4.08. The van der Waals surface area contributed by atoms with Crippen molar-refractivity contribution in [2.75, 3.05) is 25.4 Å². The Labute approximate surface area is 116 Å². The van der Waals surface area contributed by atoms with Crippen molar-refractivity contribution < 1.29 is 0 Å². The van der Waals surface area contributed by atoms with Gasteiger partial charge in [-0.05, 0) is 51.2 Å². The highest BCUT2D eigenvalue weighted by atomic mass is 32.2. The van der Waals surface area contributed by atoms with Crippen molar-refractivity contribution in [2.24, 2.45) is 10.9 Å². The highest BCUT2D eigenvalue weighted by Gasteiger charge is 2.29. The van der Waals surface area contributed by atoms with Crippen molar-refractivity contribution in [3.8, 4) is 0 Å². The molecule has 0 aromatic carbocycles. The van der Waals surface area contributed by atoms with Crippen molar-refractivity contribution in [3.05, 3.63) is 0 Å². The van der Waals surface area contributed by atoms with Gasteiger partial charge in [-0.1, -0.05) is 6.42 Å². The number of hydrogen-bond donors (Lipinski definition) is 2. The van der Waals surface area contributed by atoms with Gasteiger partial charge < -0.3 is 10.6 Å². The molecule has 1 saturated heterocycles. The van der Waals surface area contributed by atoms with Crippen molar-refractivity contribution >= 4 is 17.7 Å². The maximum Gasteiger partial charge on any atom is 0.191 e. The van der Waals surface area contributed by atoms with E-state index in [2.05, 4.69) is 36.2 Å². The molecule has 3 nitrogen and oxygen atoms in total. The number of hydrogen-bond acceptors (Lipinski definition) is 2. The van der Waals surface area contributed by atoms with Gasteiger partial charge in [0.1, 0.15) is 0 Å². The number of guanidine groups is 1. The molecule has 2 N–H and O–H groups in total. The molecule has 4 heteroatoms. The number of nitrogens with one attached hydrogen (secondary N) is 2. The van der Waals surface area contributed by atoms with E-state index in [0.29, 0.717) is 4.75 Å². The lowest BCUT2D eigenvalue weighted by Gasteiger charge is -2.27. The summed E-state index contributed by atoms with van der Waals surface area (Å²) >= 11 is 2.08. The van der Waals surface area contributed by atoms with Gasteiger partial charge in [0.15, 0.2) is 5.96 Å². The average molecular weight is 269 g/mol. The predicted molar refractivity (Wildman–Crippen MR) is 81.4 cm³/mol. The van der Waals surface area contributed by atoms with Gasteiger partial charge in [-0.15, -0.1) is 0 Å². The fourth-order valence-electron chi connectivity index (χ4n) is 2.49. The predicted octanol–water partition coefficient (Wildman–Crippen LogP) is 2.63. The second-order valence-corrected chi connectivity index (χ2v) is 7.46. The van der Waals surface area contributed by atoms with E-state index in [1.165, 1.54) is 37.9 Å². The molecule has 1 aliphatic carbocycles. The zero-order valence-corrected chi connectivity index (χ0v) is 12.6. The summed E-state index contributed by atoms with van der Waals surface area (Å²) in [6, 6.07) is 0. The first-order valence-electron chi connectivity index (χ1n) is 7.38. The highest BCUT2D eigenvalue weighted by molar-refractivity contribution is 8.00. The number of rotatable bonds is 5. The standard InChI is InChI=1S/C14H27N3S/c1-3-15-13(16-10-12-6-4-7-12)17-11-14(2)8-5-9-18-14/h12H,3-11H2,1-2H3,(H2,15,16,17). The Kier molecular flexibility index (Phi) is 5.22. The highest BCUT2D eigenvalue weighted by Crippen LogP contribution is 2.37. The molecular weight excluding hydrogens is 242 g/mol. The van der Waals surface area contributed by atoms with Gasteiger partial charge in [-0.2, -0.15) is 11.8 Å². The Bertz CT molecular complexity index is 281. The minimum Gasteiger partial charge on any atom is -0.357 e. The molecule has 0 spiro atoms. The molecule has 1 heterocycles. The Hall–Kier alpha value is -0.380. The van der Waals surface area contributed by atoms with Crippen LogP contribution < -0.4 is 10.6 Å². The summed E-state index contributed by atoms with van der Waals surface area (Å²) in [4.78, 5) is 4.77. The largest absolute Gasteiger partial charge is 0.357 e. The first kappa shape index (κ1) is 14.0. The van der Waals surface area contributed by atoms with Gasteiger partial charge in [0.05, 0.1) is 6.54 Å². The second-order valence-electron chi connectivity index (χ2n) is 5.77. The molecule has 1 aliphatic heterocycles. The Morgan fingerprint density at radius 3 is 2.72 bits per heavy atom. The van der Waals surface area contributed by atoms with Gasteiger partial charge >= 0.3 is 0 Å². The molecule has 2 rings (SSSR count). The summed E-state index contributed by atoms with van der Waals surface area (Å²) in [6.07, 6.45) is 6.85. The molecule has 0 aromatic heterocycles. The molecule has 2 aliphatic rings. The summed E-state index contributed by atoms with van der Waals surface area (Å²) in [7, 11) is 0. The maximum absolute atomic E-state index is 4.77. The van der Waals surface area contributed by atoms with E-state index in [9.17, 15) is 0 Å². The van der Waals surface area contributed by atoms with Crippen LogP contribution in [0.5, 0.6) is 0 Å². The smallest absolute Gasteiger partial charge is 0.191 e. The lowest BCUT2D eigenvalue weighted by molar-refractivity contribution is 0.314. The third-order valence-electron chi connectivity index (χ3n) is 4.00. The van der Waals surface area contributed by atoms with E-state index >= 15 is 0 Å². The van der Waals surface area contributed by atoms with Crippen LogP contribution in [0.1, 0.15) is 46.0 Å². The molecule has 0 amide bonds. The number of aliphatic imine (C=N–C) groups is 1. The van der Waals surface area contributed by atoms with E-state index in [-0.39, 0.29) is 0 Å². The normalized spacial score (nSPS) is 29.1. The van der Waals surface area contributed by atoms with E-state index in [0.717, 1.165) is 31.5 Å². The van der Waals surface area contributed by atoms with E-state index < -0.39 is 0 Å². The van der Waals surface area contributed by atoms with E-state index in [1.807, 2.05) is 0 Å². The summed E-state index contributed by atoms with van der Waals surface area (Å²) in [5, 5.41) is 6.85. The average Bonchev–Trinajstić information content (AvgIpc) is 2.71. The summed E-state index contributed by atoms with van der Waals surface area (Å²) in [5.41, 5.74) is 0. The summed E-state index contributed by atoms with van der Waals surface area (Å²) in [5.74, 6) is 3.20. The van der Waals surface area contributed by atoms with Crippen LogP contribution in [0, 0.1) is 5.92 Å². The van der Waals surface area contributed by atoms with Gasteiger partial charge in [0, 0.05) is 17.8 Å². The molecule has 0 aromatic rings. The fraction of sp³-hybridized carbons (Fsp3) is 0.929. The van der Waals surface area contributed by atoms with Crippen LogP contribution in [0.15, 0.2) is 4.99 Å². The number of nitrogens with zero attached hydrogens (tertiary/aromatic N) is 1. The monoisotopic (exact) mass is 269 g/mol. The van der Waals surface area contributed by atoms with Gasteiger partial charge in [-0.3, -0.25) is 4.99 Å². The van der Waals surface area contributed by atoms with E-state index in [1.54, 1.807) is 0 Å². The molecular formula is C14H27N3S. The fourth-order valence-corrected chi connectivity index (χ4v) is 3.71. The van der Waals surface area contributed by atoms with Crippen molar-refractivity contribution in [2.45, 2.75) is 50.7 Å². The Morgan fingerprint density at radius 1 is 1.33 bits per heavy atom. The second kappa shape index (κ2) is 6.69. The number of thioether (sulfide) groups is 1. The minimum absolute atomic E-state index is 0.374. The van der Waals surface area contributed by atoms with Gasteiger partial charge in [-0.25, -0.2) is 0 Å². The van der Waals surface area contributed by atoms with Crippen molar-refractivity contribution in [3.63, 3.8) is 0 Å². The summed E-state index contributed by atoms with van der Waals surface area (Å²) in [6.45, 7) is 7.46. The van der Waals surface area contributed by atoms with Crippen LogP contribution in [-0.4, -0.2) is 36.1 Å². The van der Waals surface area contributed by atoms with Crippen LogP contribution in [0.4, 0.5) is 0 Å². The van der Waals surface area contributed by atoms with Crippen LogP contribution in [0.2, 0.25) is 0 Å². The van der Waals surface area contributed by atoms with Crippen LogP contribution in [0.25, 0.3) is 0 Å². The molecule has 1 saturated carbocycles. The molecule has 0 radical (unpaired) electrons. The minimum atomic E-state index is 0.374. The molecule has 2 fully saturated rings. The maximum atomic E-state index is 4.77. The third-order valence-corrected chi connectivity index (χ3v) is 5.52. The summed E-state index contributed by atoms with van der Waals surface area (Å²) < 4.78 is 0.374. The quantitative estimate of drug-likeness (QED) is 0.595. The van der Waals surface area contributed by atoms with Gasteiger partial charge in [0.25, 0.3) is 0 Å². The van der Waals surface area contributed by atoms with Crippen LogP contribution in [0.3, 0.4) is 0 Å². The lowest BCUT2D eigenvalue weighted by atomic mass is 9.85. The Balaban J connectivity index is 1.78.